The third kappa shape index (κ3) is 3.57. The molecule has 0 fully saturated rings. The Balaban J connectivity index is 0.00000144. The van der Waals surface area contributed by atoms with Crippen LogP contribution in [-0.4, -0.2) is 53.8 Å². The number of aromatic nitrogens is 3. The zero-order chi connectivity index (χ0) is 11.6. The molecule has 0 bridgehead atoms. The third-order valence-electron chi connectivity index (χ3n) is 2.40. The van der Waals surface area contributed by atoms with Gasteiger partial charge in [-0.3, -0.25) is 0 Å². The van der Waals surface area contributed by atoms with Crippen LogP contribution in [0, 0.1) is 0 Å². The molecule has 6 heteroatoms. The van der Waals surface area contributed by atoms with Crippen molar-refractivity contribution in [1.82, 2.24) is 15.1 Å². The van der Waals surface area contributed by atoms with E-state index < -0.39 is 0 Å². The average Bonchev–Trinajstić information content (AvgIpc) is 2.60. The highest BCUT2D eigenvalue weighted by atomic mass is 35.5. The number of para-hydroxylation sites is 1. The first-order valence-electron chi connectivity index (χ1n) is 5.41. The maximum Gasteiger partial charge on any atom is 0.115 e. The summed E-state index contributed by atoms with van der Waals surface area (Å²) in [6.07, 6.45) is 0. The zero-order valence-corrected chi connectivity index (χ0v) is 11.2. The molecule has 2 rings (SSSR count). The number of benzene rings is 1. The summed E-state index contributed by atoms with van der Waals surface area (Å²) >= 11 is 0. The van der Waals surface area contributed by atoms with E-state index >= 15 is 0 Å². The summed E-state index contributed by atoms with van der Waals surface area (Å²) in [4.78, 5) is 1.74. The van der Waals surface area contributed by atoms with Gasteiger partial charge < -0.3 is 9.91 Å². The van der Waals surface area contributed by atoms with Crippen LogP contribution in [0.1, 0.15) is 0 Å². The van der Waals surface area contributed by atoms with Crippen molar-refractivity contribution in [1.29, 1.82) is 0 Å². The summed E-state index contributed by atoms with van der Waals surface area (Å²) in [6, 6.07) is 7.92. The fraction of sp³-hybridized carbons (Fsp3) is 0.455. The van der Waals surface area contributed by atoms with Crippen LogP contribution in [0.25, 0.3) is 11.0 Å². The molecule has 1 aromatic heterocycles. The molecule has 2 aromatic rings. The Bertz CT molecular complexity index is 474. The second kappa shape index (κ2) is 5.33. The molecule has 94 valence electrons. The molecule has 0 aliphatic carbocycles. The molecule has 0 aliphatic rings. The Morgan fingerprint density at radius 1 is 1.24 bits per heavy atom. The van der Waals surface area contributed by atoms with Gasteiger partial charge in [-0.2, -0.15) is 4.79 Å². The first-order chi connectivity index (χ1) is 7.56. The molecule has 17 heavy (non-hydrogen) atoms. The Hall–Kier alpha value is -1.33. The lowest BCUT2D eigenvalue weighted by molar-refractivity contribution is -0.868. The first-order valence-corrected chi connectivity index (χ1v) is 5.41. The van der Waals surface area contributed by atoms with E-state index in [0.29, 0.717) is 0 Å². The van der Waals surface area contributed by atoms with Crippen LogP contribution in [0.4, 0.5) is 0 Å². The molecule has 0 saturated carbocycles. The van der Waals surface area contributed by atoms with Crippen molar-refractivity contribution < 1.29 is 4.48 Å². The molecule has 5 nitrogen and oxygen atoms in total. The van der Waals surface area contributed by atoms with Crippen LogP contribution in [0.15, 0.2) is 24.3 Å². The van der Waals surface area contributed by atoms with E-state index in [1.165, 1.54) is 0 Å². The summed E-state index contributed by atoms with van der Waals surface area (Å²) in [6.45, 7) is 1.91. The number of nitrogens with one attached hydrogen (secondary N) is 1. The summed E-state index contributed by atoms with van der Waals surface area (Å²) in [5.41, 5.74) is 5.19. The molecule has 0 amide bonds. The van der Waals surface area contributed by atoms with Gasteiger partial charge >= 0.3 is 0 Å². The molecule has 0 unspecified atom stereocenters. The highest BCUT2D eigenvalue weighted by molar-refractivity contribution is 5.85. The van der Waals surface area contributed by atoms with Gasteiger partial charge in [0.25, 0.3) is 0 Å². The number of rotatable bonds is 4. The SMILES string of the molecule is C[N+](C)(C)CCNn1nnc2ccccc21.Cl. The van der Waals surface area contributed by atoms with E-state index in [4.69, 9.17) is 0 Å². The number of hydrogen-bond acceptors (Lipinski definition) is 3. The Morgan fingerprint density at radius 2 is 1.94 bits per heavy atom. The molecule has 0 saturated heterocycles. The molecule has 0 radical (unpaired) electrons. The van der Waals surface area contributed by atoms with Crippen LogP contribution in [0.5, 0.6) is 0 Å². The fourth-order valence-corrected chi connectivity index (χ4v) is 1.48. The molecule has 0 aliphatic heterocycles. The van der Waals surface area contributed by atoms with E-state index in [1.54, 1.807) is 4.79 Å². The number of fused-ring (bicyclic) bond motifs is 1. The van der Waals surface area contributed by atoms with E-state index in [2.05, 4.69) is 36.9 Å². The van der Waals surface area contributed by atoms with Crippen LogP contribution in [-0.2, 0) is 0 Å². The maximum atomic E-state index is 4.08. The number of hydrogen-bond donors (Lipinski definition) is 1. The molecule has 0 spiro atoms. The van der Waals surface area contributed by atoms with E-state index in [1.807, 2.05) is 24.3 Å². The predicted octanol–water partition coefficient (Wildman–Crippen LogP) is 1.10. The Kier molecular flexibility index (Phi) is 4.31. The second-order valence-corrected chi connectivity index (χ2v) is 4.91. The smallest absolute Gasteiger partial charge is 0.115 e. The first kappa shape index (κ1) is 13.7. The summed E-state index contributed by atoms with van der Waals surface area (Å²) in [7, 11) is 6.50. The van der Waals surface area contributed by atoms with Crippen molar-refractivity contribution in [3.8, 4) is 0 Å². The second-order valence-electron chi connectivity index (χ2n) is 4.91. The largest absolute Gasteiger partial charge is 0.329 e. The van der Waals surface area contributed by atoms with Crippen LogP contribution in [0.2, 0.25) is 0 Å². The minimum Gasteiger partial charge on any atom is -0.329 e. The molecule has 1 heterocycles. The Labute approximate surface area is 107 Å². The van der Waals surface area contributed by atoms with Gasteiger partial charge in [-0.15, -0.1) is 17.5 Å². The van der Waals surface area contributed by atoms with Crippen LogP contribution < -0.4 is 5.43 Å². The van der Waals surface area contributed by atoms with Crippen molar-refractivity contribution in [2.45, 2.75) is 0 Å². The van der Waals surface area contributed by atoms with Gasteiger partial charge in [-0.1, -0.05) is 12.1 Å². The number of nitrogens with zero attached hydrogens (tertiary/aromatic N) is 4. The van der Waals surface area contributed by atoms with E-state index in [0.717, 1.165) is 28.6 Å². The maximum absolute atomic E-state index is 4.08. The molecule has 1 aromatic carbocycles. The van der Waals surface area contributed by atoms with Crippen molar-refractivity contribution in [3.63, 3.8) is 0 Å². The zero-order valence-electron chi connectivity index (χ0n) is 10.4. The lowest BCUT2D eigenvalue weighted by Crippen LogP contribution is -2.40. The normalized spacial score (nSPS) is 11.2. The minimum absolute atomic E-state index is 0. The van der Waals surface area contributed by atoms with Crippen molar-refractivity contribution in [2.75, 3.05) is 39.7 Å². The Morgan fingerprint density at radius 3 is 2.65 bits per heavy atom. The van der Waals surface area contributed by atoms with Gasteiger partial charge in [0.1, 0.15) is 11.0 Å². The number of quaternary nitrogens is 1. The third-order valence-corrected chi connectivity index (χ3v) is 2.40. The van der Waals surface area contributed by atoms with Gasteiger partial charge in [0.2, 0.25) is 0 Å². The predicted molar refractivity (Wildman–Crippen MR) is 71.9 cm³/mol. The topological polar surface area (TPSA) is 42.7 Å². The summed E-state index contributed by atoms with van der Waals surface area (Å²) in [5.74, 6) is 0. The average molecular weight is 257 g/mol. The standard InChI is InChI=1S/C11H18N5.ClH/c1-16(2,3)9-8-12-15-11-7-5-4-6-10(11)13-14-15;/h4-7,12H,8-9H2,1-3H3;1H/q+1;. The van der Waals surface area contributed by atoms with Gasteiger partial charge in [0, 0.05) is 0 Å². The molecular formula is C11H19ClN5+. The quantitative estimate of drug-likeness (QED) is 0.834. The van der Waals surface area contributed by atoms with E-state index in [9.17, 15) is 0 Å². The lowest BCUT2D eigenvalue weighted by atomic mass is 10.3. The summed E-state index contributed by atoms with van der Waals surface area (Å²) < 4.78 is 0.930. The van der Waals surface area contributed by atoms with Gasteiger partial charge in [0.15, 0.2) is 0 Å². The van der Waals surface area contributed by atoms with Crippen molar-refractivity contribution in [3.05, 3.63) is 24.3 Å². The highest BCUT2D eigenvalue weighted by Crippen LogP contribution is 2.07. The number of halogens is 1. The molecule has 0 atom stereocenters. The fourth-order valence-electron chi connectivity index (χ4n) is 1.48. The molecule has 1 N–H and O–H groups in total. The van der Waals surface area contributed by atoms with Gasteiger partial charge in [-0.25, -0.2) is 0 Å². The van der Waals surface area contributed by atoms with E-state index in [-0.39, 0.29) is 12.4 Å². The monoisotopic (exact) mass is 256 g/mol. The van der Waals surface area contributed by atoms with Gasteiger partial charge in [0.05, 0.1) is 34.2 Å². The number of likely N-dealkylation sites (N-methyl/N-ethyl adjacent to an activating group) is 1. The van der Waals surface area contributed by atoms with Crippen molar-refractivity contribution >= 4 is 23.4 Å². The molecular weight excluding hydrogens is 238 g/mol. The minimum atomic E-state index is 0. The van der Waals surface area contributed by atoms with Gasteiger partial charge in [-0.05, 0) is 17.3 Å². The lowest BCUT2D eigenvalue weighted by Gasteiger charge is -2.23. The van der Waals surface area contributed by atoms with Crippen molar-refractivity contribution in [2.24, 2.45) is 0 Å². The highest BCUT2D eigenvalue weighted by Gasteiger charge is 2.07. The summed E-state index contributed by atoms with van der Waals surface area (Å²) in [5, 5.41) is 8.14. The van der Waals surface area contributed by atoms with Crippen LogP contribution >= 0.6 is 12.4 Å². The van der Waals surface area contributed by atoms with Crippen LogP contribution in [0.3, 0.4) is 0 Å².